The number of hydrogen-bond donors (Lipinski definition) is 0. The van der Waals surface area contributed by atoms with E-state index in [1.807, 2.05) is 25.2 Å². The van der Waals surface area contributed by atoms with E-state index in [-0.39, 0.29) is 5.75 Å². The Morgan fingerprint density at radius 2 is 1.66 bits per heavy atom. The molecule has 8 heteroatoms. The summed E-state index contributed by atoms with van der Waals surface area (Å²) in [7, 11) is 5.13. The smallest absolute Gasteiger partial charge is 0.186 e. The topological polar surface area (TPSA) is 56.7 Å². The highest BCUT2D eigenvalue weighted by Gasteiger charge is 2.16. The number of hydrogen-bond acceptors (Lipinski definition) is 7. The van der Waals surface area contributed by atoms with Crippen LogP contribution in [0, 0.1) is 5.82 Å². The lowest BCUT2D eigenvalue weighted by Crippen LogP contribution is -2.19. The van der Waals surface area contributed by atoms with Gasteiger partial charge in [0.15, 0.2) is 28.2 Å². The SMILES string of the molecule is COc1cc2nccc(Oc3cc4sc(N(C)CCc5ccccc5)nc4cc3F)c2cc1OC. The van der Waals surface area contributed by atoms with Gasteiger partial charge in [0.25, 0.3) is 0 Å². The highest BCUT2D eigenvalue weighted by atomic mass is 32.1. The molecule has 35 heavy (non-hydrogen) atoms. The first-order chi connectivity index (χ1) is 17.1. The molecule has 0 amide bonds. The lowest BCUT2D eigenvalue weighted by atomic mass is 10.1. The summed E-state index contributed by atoms with van der Waals surface area (Å²) in [6.45, 7) is 0.809. The molecule has 0 radical (unpaired) electrons. The Morgan fingerprint density at radius 1 is 0.886 bits per heavy atom. The van der Waals surface area contributed by atoms with E-state index in [4.69, 9.17) is 14.2 Å². The molecule has 0 unspecified atom stereocenters. The van der Waals surface area contributed by atoms with E-state index in [1.165, 1.54) is 23.0 Å². The van der Waals surface area contributed by atoms with Crippen molar-refractivity contribution in [2.45, 2.75) is 6.42 Å². The van der Waals surface area contributed by atoms with Crippen LogP contribution in [-0.4, -0.2) is 37.8 Å². The molecule has 0 spiro atoms. The van der Waals surface area contributed by atoms with Crippen molar-refractivity contribution in [2.24, 2.45) is 0 Å². The Balaban J connectivity index is 1.42. The van der Waals surface area contributed by atoms with Gasteiger partial charge in [0.2, 0.25) is 0 Å². The Hall–Kier alpha value is -3.91. The van der Waals surface area contributed by atoms with Crippen LogP contribution < -0.4 is 19.1 Å². The van der Waals surface area contributed by atoms with Gasteiger partial charge in [-0.05, 0) is 24.1 Å². The molecule has 0 saturated carbocycles. The summed E-state index contributed by atoms with van der Waals surface area (Å²) in [5.41, 5.74) is 2.52. The van der Waals surface area contributed by atoms with Crippen molar-refractivity contribution in [1.29, 1.82) is 0 Å². The number of benzene rings is 3. The second kappa shape index (κ2) is 9.76. The number of fused-ring (bicyclic) bond motifs is 2. The molecule has 0 saturated heterocycles. The van der Waals surface area contributed by atoms with Gasteiger partial charge in [0.05, 0.1) is 30.0 Å². The summed E-state index contributed by atoms with van der Waals surface area (Å²) in [6.07, 6.45) is 2.52. The maximum atomic E-state index is 15.0. The lowest BCUT2D eigenvalue weighted by Gasteiger charge is -2.15. The molecule has 0 aliphatic heterocycles. The van der Waals surface area contributed by atoms with Crippen LogP contribution >= 0.6 is 11.3 Å². The Kier molecular flexibility index (Phi) is 6.37. The third-order valence-electron chi connectivity index (χ3n) is 5.76. The van der Waals surface area contributed by atoms with E-state index in [1.54, 1.807) is 44.7 Å². The average molecular weight is 490 g/mol. The van der Waals surface area contributed by atoms with Crippen molar-refractivity contribution < 1.29 is 18.6 Å². The van der Waals surface area contributed by atoms with Crippen molar-refractivity contribution in [3.8, 4) is 23.0 Å². The second-order valence-electron chi connectivity index (χ2n) is 8.04. The van der Waals surface area contributed by atoms with Gasteiger partial charge in [-0.25, -0.2) is 9.37 Å². The summed E-state index contributed by atoms with van der Waals surface area (Å²) in [6, 6.07) is 18.7. The minimum absolute atomic E-state index is 0.127. The largest absolute Gasteiger partial charge is 0.493 e. The summed E-state index contributed by atoms with van der Waals surface area (Å²) >= 11 is 1.51. The average Bonchev–Trinajstić information content (AvgIpc) is 3.30. The molecule has 0 atom stereocenters. The first-order valence-electron chi connectivity index (χ1n) is 11.1. The normalized spacial score (nSPS) is 11.1. The molecule has 0 fully saturated rings. The second-order valence-corrected chi connectivity index (χ2v) is 9.05. The van der Waals surface area contributed by atoms with E-state index in [9.17, 15) is 0 Å². The van der Waals surface area contributed by atoms with Gasteiger partial charge < -0.3 is 19.1 Å². The van der Waals surface area contributed by atoms with Crippen LogP contribution in [0.5, 0.6) is 23.0 Å². The number of ether oxygens (including phenoxy) is 3. The van der Waals surface area contributed by atoms with Gasteiger partial charge in [-0.2, -0.15) is 0 Å². The van der Waals surface area contributed by atoms with Crippen LogP contribution in [0.15, 0.2) is 66.9 Å². The molecule has 178 valence electrons. The number of halogens is 1. The molecule has 0 N–H and O–H groups in total. The standard InChI is InChI=1S/C27H24FN3O3S/c1-31(12-10-17-7-5-4-6-8-17)27-30-21-14-19(28)23(16-26(21)35-27)34-22-9-11-29-20-15-25(33-3)24(32-2)13-18(20)22/h4-9,11,13-16H,10,12H2,1-3H3. The predicted molar refractivity (Wildman–Crippen MR) is 138 cm³/mol. The van der Waals surface area contributed by atoms with Gasteiger partial charge in [0, 0.05) is 43.4 Å². The summed E-state index contributed by atoms with van der Waals surface area (Å²) in [5, 5.41) is 1.52. The van der Waals surface area contributed by atoms with Crippen molar-refractivity contribution in [1.82, 2.24) is 9.97 Å². The van der Waals surface area contributed by atoms with Crippen LogP contribution in [0.4, 0.5) is 9.52 Å². The number of aromatic nitrogens is 2. The third kappa shape index (κ3) is 4.70. The fourth-order valence-electron chi connectivity index (χ4n) is 3.85. The van der Waals surface area contributed by atoms with Crippen molar-refractivity contribution in [2.75, 3.05) is 32.7 Å². The predicted octanol–water partition coefficient (Wildman–Crippen LogP) is 6.47. The molecule has 5 aromatic rings. The zero-order chi connectivity index (χ0) is 24.4. The van der Waals surface area contributed by atoms with Crippen molar-refractivity contribution in [3.63, 3.8) is 0 Å². The van der Waals surface area contributed by atoms with E-state index < -0.39 is 5.82 Å². The molecular formula is C27H24FN3O3S. The van der Waals surface area contributed by atoms with E-state index in [0.717, 1.165) is 22.8 Å². The molecule has 2 heterocycles. The van der Waals surface area contributed by atoms with Gasteiger partial charge in [-0.15, -0.1) is 0 Å². The van der Waals surface area contributed by atoms with Crippen molar-refractivity contribution >= 4 is 37.6 Å². The summed E-state index contributed by atoms with van der Waals surface area (Å²) in [4.78, 5) is 11.1. The first-order valence-corrected chi connectivity index (χ1v) is 11.9. The monoisotopic (exact) mass is 489 g/mol. The Morgan fingerprint density at radius 3 is 2.43 bits per heavy atom. The van der Waals surface area contributed by atoms with Crippen LogP contribution in [-0.2, 0) is 6.42 Å². The molecule has 0 aliphatic rings. The molecule has 3 aromatic carbocycles. The zero-order valence-electron chi connectivity index (χ0n) is 19.6. The first kappa shape index (κ1) is 22.9. The highest BCUT2D eigenvalue weighted by molar-refractivity contribution is 7.22. The van der Waals surface area contributed by atoms with Gasteiger partial charge in [-0.1, -0.05) is 41.7 Å². The minimum atomic E-state index is -0.480. The molecule has 2 aromatic heterocycles. The van der Waals surface area contributed by atoms with Gasteiger partial charge in [-0.3, -0.25) is 4.98 Å². The van der Waals surface area contributed by atoms with Crippen LogP contribution in [0.2, 0.25) is 0 Å². The number of likely N-dealkylation sites (N-methyl/N-ethyl adjacent to an activating group) is 1. The molecule has 0 aliphatic carbocycles. The molecule has 6 nitrogen and oxygen atoms in total. The number of rotatable bonds is 8. The lowest BCUT2D eigenvalue weighted by molar-refractivity contribution is 0.355. The highest BCUT2D eigenvalue weighted by Crippen LogP contribution is 2.39. The Labute approximate surface area is 206 Å². The number of methoxy groups -OCH3 is 2. The third-order valence-corrected chi connectivity index (χ3v) is 6.90. The van der Waals surface area contributed by atoms with Gasteiger partial charge >= 0.3 is 0 Å². The van der Waals surface area contributed by atoms with E-state index in [0.29, 0.717) is 33.7 Å². The summed E-state index contributed by atoms with van der Waals surface area (Å²) in [5.74, 6) is 1.22. The fraction of sp³-hybridized carbons (Fsp3) is 0.185. The fourth-order valence-corrected chi connectivity index (χ4v) is 4.81. The van der Waals surface area contributed by atoms with Gasteiger partial charge in [0.1, 0.15) is 5.75 Å². The van der Waals surface area contributed by atoms with Crippen LogP contribution in [0.25, 0.3) is 21.1 Å². The summed E-state index contributed by atoms with van der Waals surface area (Å²) < 4.78 is 32.7. The van der Waals surface area contributed by atoms with Crippen LogP contribution in [0.1, 0.15) is 5.56 Å². The molecular weight excluding hydrogens is 465 g/mol. The Bertz CT molecular complexity index is 1490. The maximum absolute atomic E-state index is 15.0. The number of nitrogens with zero attached hydrogens (tertiary/aromatic N) is 3. The maximum Gasteiger partial charge on any atom is 0.186 e. The number of pyridine rings is 1. The number of anilines is 1. The van der Waals surface area contributed by atoms with Crippen LogP contribution in [0.3, 0.4) is 0 Å². The van der Waals surface area contributed by atoms with E-state index >= 15 is 4.39 Å². The minimum Gasteiger partial charge on any atom is -0.493 e. The van der Waals surface area contributed by atoms with Crippen molar-refractivity contribution in [3.05, 3.63) is 78.2 Å². The molecule has 0 bridgehead atoms. The zero-order valence-corrected chi connectivity index (χ0v) is 20.4. The molecule has 5 rings (SSSR count). The quantitative estimate of drug-likeness (QED) is 0.249. The number of thiazole rings is 1. The van der Waals surface area contributed by atoms with E-state index in [2.05, 4.69) is 27.0 Å².